The van der Waals surface area contributed by atoms with Crippen molar-refractivity contribution in [2.45, 2.75) is 0 Å². The van der Waals surface area contributed by atoms with Crippen LogP contribution in [-0.2, 0) is 0 Å². The summed E-state index contributed by atoms with van der Waals surface area (Å²) in [4.78, 5) is 12.7. The van der Waals surface area contributed by atoms with Gasteiger partial charge in [-0.3, -0.25) is 9.89 Å². The number of ether oxygens (including phenoxy) is 1. The van der Waals surface area contributed by atoms with Crippen LogP contribution in [0.25, 0.3) is 18.3 Å². The fourth-order valence-electron chi connectivity index (χ4n) is 2.37. The van der Waals surface area contributed by atoms with Gasteiger partial charge >= 0.3 is 0 Å². The molecule has 0 aliphatic carbocycles. The summed E-state index contributed by atoms with van der Waals surface area (Å²) >= 11 is 2.21. The topological polar surface area (TPSA) is 67.2 Å². The van der Waals surface area contributed by atoms with E-state index in [-0.39, 0.29) is 11.3 Å². The molecule has 0 unspecified atom stereocenters. The molecule has 24 heavy (non-hydrogen) atoms. The highest BCUT2D eigenvalue weighted by atomic mass is 127. The molecule has 1 aromatic heterocycles. The fraction of sp³-hybridized carbons (Fsp3) is 0.0556. The molecule has 3 rings (SSSR count). The number of phenols is 1. The van der Waals surface area contributed by atoms with Crippen LogP contribution in [0, 0.1) is 3.57 Å². The minimum atomic E-state index is -0.187. The first kappa shape index (κ1) is 16.4. The van der Waals surface area contributed by atoms with Crippen LogP contribution in [0.15, 0.2) is 47.3 Å². The molecule has 0 fully saturated rings. The van der Waals surface area contributed by atoms with Crippen molar-refractivity contribution in [3.05, 3.63) is 72.5 Å². The SMILES string of the molecule is C=c1[nH]n(-c2ccc(I)cc2)c(=O)/c1=C/c1ccc(O)c(OC)c1. The Morgan fingerprint density at radius 1 is 1.25 bits per heavy atom. The van der Waals surface area contributed by atoms with Crippen molar-refractivity contribution >= 4 is 35.2 Å². The van der Waals surface area contributed by atoms with Gasteiger partial charge in [0, 0.05) is 3.57 Å². The summed E-state index contributed by atoms with van der Waals surface area (Å²) in [6.07, 6.45) is 1.71. The maximum Gasteiger partial charge on any atom is 0.279 e. The number of rotatable bonds is 3. The predicted octanol–water partition coefficient (Wildman–Crippen LogP) is 1.72. The van der Waals surface area contributed by atoms with E-state index in [2.05, 4.69) is 34.3 Å². The molecule has 0 amide bonds. The Labute approximate surface area is 151 Å². The van der Waals surface area contributed by atoms with E-state index in [4.69, 9.17) is 4.74 Å². The van der Waals surface area contributed by atoms with Gasteiger partial charge in [0.25, 0.3) is 5.56 Å². The molecule has 1 heterocycles. The third kappa shape index (κ3) is 3.09. The van der Waals surface area contributed by atoms with E-state index in [1.165, 1.54) is 17.9 Å². The number of nitrogens with one attached hydrogen (secondary N) is 1. The monoisotopic (exact) mass is 434 g/mol. The van der Waals surface area contributed by atoms with Gasteiger partial charge in [0.2, 0.25) is 0 Å². The first-order valence-corrected chi connectivity index (χ1v) is 8.22. The average molecular weight is 434 g/mol. The van der Waals surface area contributed by atoms with Crippen molar-refractivity contribution in [1.29, 1.82) is 0 Å². The Morgan fingerprint density at radius 2 is 1.96 bits per heavy atom. The van der Waals surface area contributed by atoms with Crippen LogP contribution < -0.4 is 20.9 Å². The molecular weight excluding hydrogens is 419 g/mol. The molecule has 0 spiro atoms. The highest BCUT2D eigenvalue weighted by Gasteiger charge is 2.06. The predicted molar refractivity (Wildman–Crippen MR) is 102 cm³/mol. The van der Waals surface area contributed by atoms with Gasteiger partial charge in [-0.1, -0.05) is 12.6 Å². The molecule has 5 nitrogen and oxygen atoms in total. The lowest BCUT2D eigenvalue weighted by Crippen LogP contribution is -2.33. The Bertz CT molecular complexity index is 1050. The zero-order chi connectivity index (χ0) is 17.3. The van der Waals surface area contributed by atoms with Gasteiger partial charge < -0.3 is 9.84 Å². The first-order valence-electron chi connectivity index (χ1n) is 7.14. The maximum atomic E-state index is 12.7. The normalized spacial score (nSPS) is 11.7. The second-order valence-electron chi connectivity index (χ2n) is 5.20. The van der Waals surface area contributed by atoms with Crippen molar-refractivity contribution in [2.75, 3.05) is 7.11 Å². The zero-order valence-electron chi connectivity index (χ0n) is 12.9. The number of aromatic amines is 1. The number of phenolic OH excluding ortho intramolecular Hbond substituents is 1. The number of aromatic nitrogens is 2. The van der Waals surface area contributed by atoms with Gasteiger partial charge in [-0.2, -0.15) is 0 Å². The Hall–Kier alpha value is -2.48. The number of H-pyrrole nitrogens is 1. The zero-order valence-corrected chi connectivity index (χ0v) is 15.1. The number of aromatic hydroxyl groups is 1. The van der Waals surface area contributed by atoms with Crippen LogP contribution in [0.2, 0.25) is 0 Å². The largest absolute Gasteiger partial charge is 0.504 e. The lowest BCUT2D eigenvalue weighted by Gasteiger charge is -2.03. The van der Waals surface area contributed by atoms with Crippen molar-refractivity contribution in [1.82, 2.24) is 9.78 Å². The fourth-order valence-corrected chi connectivity index (χ4v) is 2.73. The second-order valence-corrected chi connectivity index (χ2v) is 6.44. The number of hydrogen-bond donors (Lipinski definition) is 2. The van der Waals surface area contributed by atoms with Gasteiger partial charge in [0.1, 0.15) is 0 Å². The van der Waals surface area contributed by atoms with E-state index in [1.54, 1.807) is 18.2 Å². The molecule has 3 aromatic rings. The number of benzene rings is 2. The third-order valence-corrected chi connectivity index (χ3v) is 4.32. The van der Waals surface area contributed by atoms with E-state index < -0.39 is 0 Å². The summed E-state index contributed by atoms with van der Waals surface area (Å²) in [6, 6.07) is 12.5. The van der Waals surface area contributed by atoms with Crippen LogP contribution in [-0.4, -0.2) is 22.0 Å². The summed E-state index contributed by atoms with van der Waals surface area (Å²) in [5, 5.41) is 13.6. The minimum Gasteiger partial charge on any atom is -0.504 e. The molecule has 122 valence electrons. The molecule has 0 atom stereocenters. The van der Waals surface area contributed by atoms with Gasteiger partial charge in [0.15, 0.2) is 11.5 Å². The summed E-state index contributed by atoms with van der Waals surface area (Å²) in [5.74, 6) is 0.401. The molecule has 0 aliphatic heterocycles. The van der Waals surface area contributed by atoms with Gasteiger partial charge in [-0.15, -0.1) is 0 Å². The smallest absolute Gasteiger partial charge is 0.279 e. The summed E-state index contributed by atoms with van der Waals surface area (Å²) in [5.41, 5.74) is 1.29. The molecule has 2 aromatic carbocycles. The van der Waals surface area contributed by atoms with Crippen LogP contribution in [0.1, 0.15) is 5.56 Å². The van der Waals surface area contributed by atoms with Crippen molar-refractivity contribution in [3.63, 3.8) is 0 Å². The first-order chi connectivity index (χ1) is 11.5. The summed E-state index contributed by atoms with van der Waals surface area (Å²) in [7, 11) is 1.48. The molecular formula is C18H15IN2O3. The van der Waals surface area contributed by atoms with Crippen molar-refractivity contribution in [2.24, 2.45) is 0 Å². The van der Waals surface area contributed by atoms with E-state index >= 15 is 0 Å². The third-order valence-electron chi connectivity index (χ3n) is 3.60. The average Bonchev–Trinajstić information content (AvgIpc) is 2.85. The Kier molecular flexibility index (Phi) is 4.48. The molecule has 0 bridgehead atoms. The van der Waals surface area contributed by atoms with E-state index in [1.807, 2.05) is 24.3 Å². The standard InChI is InChI=1S/C18H15IN2O3/c1-11-15(9-12-3-8-16(22)17(10-12)24-2)18(23)21(20-11)14-6-4-13(19)5-7-14/h3-10,20,22H,1H2,2H3/b15-9+. The minimum absolute atomic E-state index is 0.0508. The highest BCUT2D eigenvalue weighted by Crippen LogP contribution is 2.26. The van der Waals surface area contributed by atoms with Crippen LogP contribution >= 0.6 is 22.6 Å². The van der Waals surface area contributed by atoms with E-state index in [0.717, 1.165) is 14.8 Å². The second kappa shape index (κ2) is 6.56. The lowest BCUT2D eigenvalue weighted by atomic mass is 10.1. The molecule has 6 heteroatoms. The van der Waals surface area contributed by atoms with Crippen LogP contribution in [0.4, 0.5) is 0 Å². The quantitative estimate of drug-likeness (QED) is 0.618. The maximum absolute atomic E-state index is 12.7. The lowest BCUT2D eigenvalue weighted by molar-refractivity contribution is 0.373. The summed E-state index contributed by atoms with van der Waals surface area (Å²) in [6.45, 7) is 3.91. The van der Waals surface area contributed by atoms with Gasteiger partial charge in [-0.05, 0) is 70.6 Å². The van der Waals surface area contributed by atoms with Crippen LogP contribution in [0.3, 0.4) is 0 Å². The summed E-state index contributed by atoms with van der Waals surface area (Å²) < 4.78 is 7.64. The number of nitrogens with zero attached hydrogens (tertiary/aromatic N) is 1. The molecule has 0 aliphatic rings. The molecule has 2 N–H and O–H groups in total. The Morgan fingerprint density at radius 3 is 2.62 bits per heavy atom. The van der Waals surface area contributed by atoms with Gasteiger partial charge in [-0.25, -0.2) is 4.68 Å². The molecule has 0 saturated carbocycles. The van der Waals surface area contributed by atoms with E-state index in [0.29, 0.717) is 16.3 Å². The van der Waals surface area contributed by atoms with Crippen molar-refractivity contribution in [3.8, 4) is 17.2 Å². The van der Waals surface area contributed by atoms with E-state index in [9.17, 15) is 9.90 Å². The Balaban J connectivity index is 2.15. The van der Waals surface area contributed by atoms with Crippen LogP contribution in [0.5, 0.6) is 11.5 Å². The number of halogens is 1. The molecule has 0 saturated heterocycles. The number of hydrogen-bond acceptors (Lipinski definition) is 3. The number of methoxy groups -OCH3 is 1. The highest BCUT2D eigenvalue weighted by molar-refractivity contribution is 14.1. The van der Waals surface area contributed by atoms with Crippen molar-refractivity contribution < 1.29 is 9.84 Å². The van der Waals surface area contributed by atoms with Gasteiger partial charge in [0.05, 0.1) is 23.4 Å². The molecule has 0 radical (unpaired) electrons.